The molecular formula is C15H15NO2S2. The maximum absolute atomic E-state index is 12.1. The number of fused-ring (bicyclic) bond motifs is 1. The van der Waals surface area contributed by atoms with Crippen LogP contribution in [0, 0.1) is 0 Å². The van der Waals surface area contributed by atoms with Crippen LogP contribution in [0.5, 0.6) is 0 Å². The Hall–Kier alpha value is -1.46. The highest BCUT2D eigenvalue weighted by molar-refractivity contribution is 7.98. The molecule has 2 aromatic carbocycles. The van der Waals surface area contributed by atoms with E-state index >= 15 is 0 Å². The molecule has 1 N–H and O–H groups in total. The fraction of sp³-hybridized carbons (Fsp3) is 0.200. The lowest BCUT2D eigenvalue weighted by molar-refractivity contribution is 0.598. The molecule has 3 nitrogen and oxygen atoms in total. The normalized spacial score (nSPS) is 19.6. The van der Waals surface area contributed by atoms with Gasteiger partial charge in [0.05, 0.1) is 16.7 Å². The molecule has 0 bridgehead atoms. The average Bonchev–Trinajstić information content (AvgIpc) is 2.72. The van der Waals surface area contributed by atoms with Crippen LogP contribution >= 0.6 is 11.8 Å². The first kappa shape index (κ1) is 13.5. The highest BCUT2D eigenvalue weighted by Crippen LogP contribution is 2.35. The summed E-state index contributed by atoms with van der Waals surface area (Å²) in [6, 6.07) is 15.1. The van der Waals surface area contributed by atoms with Crippen LogP contribution in [0.2, 0.25) is 0 Å². The smallest absolute Gasteiger partial charge is 0.181 e. The molecule has 0 spiro atoms. The number of nitrogens with one attached hydrogen (secondary N) is 1. The second kappa shape index (κ2) is 5.14. The molecule has 1 unspecified atom stereocenters. The minimum Gasteiger partial charge on any atom is -0.377 e. The largest absolute Gasteiger partial charge is 0.377 e. The van der Waals surface area contributed by atoms with Crippen LogP contribution in [-0.4, -0.2) is 20.4 Å². The van der Waals surface area contributed by atoms with E-state index < -0.39 is 9.84 Å². The van der Waals surface area contributed by atoms with Gasteiger partial charge in [-0.25, -0.2) is 8.42 Å². The molecule has 0 fully saturated rings. The molecule has 0 amide bonds. The Morgan fingerprint density at radius 1 is 1.10 bits per heavy atom. The van der Waals surface area contributed by atoms with E-state index in [0.29, 0.717) is 4.90 Å². The van der Waals surface area contributed by atoms with E-state index in [2.05, 4.69) is 5.32 Å². The van der Waals surface area contributed by atoms with Crippen molar-refractivity contribution in [3.8, 4) is 0 Å². The first-order valence-corrected chi connectivity index (χ1v) is 9.20. The number of anilines is 1. The third-order valence-corrected chi connectivity index (χ3v) is 6.00. The van der Waals surface area contributed by atoms with Gasteiger partial charge in [0, 0.05) is 10.6 Å². The van der Waals surface area contributed by atoms with Gasteiger partial charge in [0.25, 0.3) is 0 Å². The Kier molecular flexibility index (Phi) is 3.48. The summed E-state index contributed by atoms with van der Waals surface area (Å²) in [5.41, 5.74) is 1.81. The fourth-order valence-electron chi connectivity index (χ4n) is 2.46. The maximum Gasteiger partial charge on any atom is 0.181 e. The monoisotopic (exact) mass is 305 g/mol. The van der Waals surface area contributed by atoms with Crippen molar-refractivity contribution in [3.63, 3.8) is 0 Å². The van der Waals surface area contributed by atoms with E-state index in [0.717, 1.165) is 11.3 Å². The van der Waals surface area contributed by atoms with Gasteiger partial charge in [-0.05, 0) is 42.2 Å². The molecule has 0 aromatic heterocycles. The lowest BCUT2D eigenvalue weighted by atomic mass is 10.1. The van der Waals surface area contributed by atoms with Crippen molar-refractivity contribution in [2.45, 2.75) is 15.8 Å². The van der Waals surface area contributed by atoms with E-state index in [1.165, 1.54) is 4.90 Å². The molecule has 0 saturated heterocycles. The minimum atomic E-state index is -3.15. The highest BCUT2D eigenvalue weighted by atomic mass is 32.2. The topological polar surface area (TPSA) is 46.2 Å². The molecule has 0 aliphatic carbocycles. The first-order chi connectivity index (χ1) is 9.60. The number of sulfone groups is 1. The number of hydrogen-bond acceptors (Lipinski definition) is 4. The Labute approximate surface area is 123 Å². The highest BCUT2D eigenvalue weighted by Gasteiger charge is 2.34. The molecule has 0 saturated carbocycles. The van der Waals surface area contributed by atoms with Crippen molar-refractivity contribution >= 4 is 27.3 Å². The number of thioether (sulfide) groups is 1. The third kappa shape index (κ3) is 2.43. The molecule has 3 rings (SSSR count). The van der Waals surface area contributed by atoms with Crippen LogP contribution in [0.15, 0.2) is 58.3 Å². The summed E-state index contributed by atoms with van der Waals surface area (Å²) in [7, 11) is -3.15. The Morgan fingerprint density at radius 3 is 2.50 bits per heavy atom. The summed E-state index contributed by atoms with van der Waals surface area (Å²) in [5, 5.41) is 3.32. The average molecular weight is 305 g/mol. The van der Waals surface area contributed by atoms with Crippen molar-refractivity contribution < 1.29 is 8.42 Å². The summed E-state index contributed by atoms with van der Waals surface area (Å²) >= 11 is 1.68. The lowest BCUT2D eigenvalue weighted by Gasteiger charge is -2.14. The van der Waals surface area contributed by atoms with Crippen molar-refractivity contribution in [2.24, 2.45) is 0 Å². The Balaban J connectivity index is 1.89. The zero-order valence-corrected chi connectivity index (χ0v) is 12.7. The van der Waals surface area contributed by atoms with Crippen LogP contribution in [0.4, 0.5) is 5.69 Å². The van der Waals surface area contributed by atoms with E-state index in [1.807, 2.05) is 42.7 Å². The van der Waals surface area contributed by atoms with E-state index in [1.54, 1.807) is 23.9 Å². The van der Waals surface area contributed by atoms with Gasteiger partial charge in [-0.3, -0.25) is 0 Å². The molecule has 1 heterocycles. The summed E-state index contributed by atoms with van der Waals surface area (Å²) in [6.07, 6.45) is 2.03. The van der Waals surface area contributed by atoms with Gasteiger partial charge in [-0.2, -0.15) is 0 Å². The first-order valence-electron chi connectivity index (χ1n) is 6.32. The predicted octanol–water partition coefficient (Wildman–Crippen LogP) is 3.35. The summed E-state index contributed by atoms with van der Waals surface area (Å²) in [5.74, 6) is 0.122. The Bertz CT molecular complexity index is 724. The van der Waals surface area contributed by atoms with Crippen LogP contribution in [0.3, 0.4) is 0 Å². The standard InChI is InChI=1S/C15H15NO2S2/c1-19-12-8-6-11(7-9-12)16-14-10-20(17,18)15-5-3-2-4-13(14)15/h2-9,14,16H,10H2,1H3. The summed E-state index contributed by atoms with van der Waals surface area (Å²) in [4.78, 5) is 1.65. The molecule has 2 aromatic rings. The van der Waals surface area contributed by atoms with Crippen molar-refractivity contribution in [2.75, 3.05) is 17.3 Å². The van der Waals surface area contributed by atoms with E-state index in [-0.39, 0.29) is 11.8 Å². The van der Waals surface area contributed by atoms with Crippen LogP contribution in [0.25, 0.3) is 0 Å². The zero-order valence-electron chi connectivity index (χ0n) is 11.0. The van der Waals surface area contributed by atoms with Gasteiger partial charge in [0.15, 0.2) is 9.84 Å². The van der Waals surface area contributed by atoms with Gasteiger partial charge < -0.3 is 5.32 Å². The molecule has 1 aliphatic rings. The van der Waals surface area contributed by atoms with Crippen LogP contribution in [-0.2, 0) is 9.84 Å². The minimum absolute atomic E-state index is 0.122. The quantitative estimate of drug-likeness (QED) is 0.883. The predicted molar refractivity (Wildman–Crippen MR) is 83.1 cm³/mol. The summed E-state index contributed by atoms with van der Waals surface area (Å²) < 4.78 is 24.2. The Morgan fingerprint density at radius 2 is 1.80 bits per heavy atom. The molecule has 5 heteroatoms. The van der Waals surface area contributed by atoms with Gasteiger partial charge >= 0.3 is 0 Å². The van der Waals surface area contributed by atoms with Crippen molar-refractivity contribution in [3.05, 3.63) is 54.1 Å². The number of rotatable bonds is 3. The van der Waals surface area contributed by atoms with Crippen molar-refractivity contribution in [1.29, 1.82) is 0 Å². The van der Waals surface area contributed by atoms with E-state index in [4.69, 9.17) is 0 Å². The van der Waals surface area contributed by atoms with Crippen LogP contribution in [0.1, 0.15) is 11.6 Å². The lowest BCUT2D eigenvalue weighted by Crippen LogP contribution is -2.12. The number of hydrogen-bond donors (Lipinski definition) is 1. The van der Waals surface area contributed by atoms with Gasteiger partial charge in [-0.15, -0.1) is 11.8 Å². The second-order valence-electron chi connectivity index (χ2n) is 4.74. The third-order valence-electron chi connectivity index (χ3n) is 3.45. The molecule has 0 radical (unpaired) electrons. The van der Waals surface area contributed by atoms with Gasteiger partial charge in [0.1, 0.15) is 0 Å². The van der Waals surface area contributed by atoms with Gasteiger partial charge in [-0.1, -0.05) is 18.2 Å². The number of benzene rings is 2. The van der Waals surface area contributed by atoms with Gasteiger partial charge in [0.2, 0.25) is 0 Å². The molecule has 1 aliphatic heterocycles. The molecule has 1 atom stereocenters. The molecule has 104 valence electrons. The molecular weight excluding hydrogens is 290 g/mol. The maximum atomic E-state index is 12.1. The van der Waals surface area contributed by atoms with Crippen molar-refractivity contribution in [1.82, 2.24) is 0 Å². The molecule has 20 heavy (non-hydrogen) atoms. The SMILES string of the molecule is CSc1ccc(NC2CS(=O)(=O)c3ccccc32)cc1. The summed E-state index contributed by atoms with van der Waals surface area (Å²) in [6.45, 7) is 0. The zero-order chi connectivity index (χ0) is 14.2. The second-order valence-corrected chi connectivity index (χ2v) is 7.63. The van der Waals surface area contributed by atoms with Crippen LogP contribution < -0.4 is 5.32 Å². The fourth-order valence-corrected chi connectivity index (χ4v) is 4.60. The van der Waals surface area contributed by atoms with E-state index in [9.17, 15) is 8.42 Å².